The molecule has 5 heterocycles. The molecule has 0 spiro atoms. The van der Waals surface area contributed by atoms with Crippen LogP contribution in [0, 0.1) is 5.41 Å². The molecule has 4 unspecified atom stereocenters. The second-order valence-electron chi connectivity index (χ2n) is 15.4. The monoisotopic (exact) mass is 700 g/mol. The van der Waals surface area contributed by atoms with E-state index in [2.05, 4.69) is 179 Å². The fraction of sp³-hybridized carbons (Fsp3) is 0.167. The summed E-state index contributed by atoms with van der Waals surface area (Å²) in [5.74, 6) is 1.76. The maximum absolute atomic E-state index is 5.41. The van der Waals surface area contributed by atoms with E-state index in [0.717, 1.165) is 58.0 Å². The third-order valence-electron chi connectivity index (χ3n) is 13.0. The topological polar surface area (TPSA) is 38.7 Å². The van der Waals surface area contributed by atoms with E-state index in [-0.39, 0.29) is 17.7 Å². The molecule has 11 rings (SSSR count). The zero-order valence-corrected chi connectivity index (χ0v) is 30.5. The van der Waals surface area contributed by atoms with Crippen LogP contribution in [0.4, 0.5) is 45.8 Å². The lowest BCUT2D eigenvalue weighted by Crippen LogP contribution is -2.62. The molecule has 1 aromatic heterocycles. The maximum atomic E-state index is 5.41. The first kappa shape index (κ1) is 31.2. The second kappa shape index (κ2) is 11.3. The van der Waals surface area contributed by atoms with E-state index in [0.29, 0.717) is 0 Å². The lowest BCUT2D eigenvalue weighted by Gasteiger charge is -2.60. The first-order chi connectivity index (χ1) is 26.5. The molecule has 0 saturated heterocycles. The van der Waals surface area contributed by atoms with Crippen molar-refractivity contribution in [2.45, 2.75) is 44.4 Å². The van der Waals surface area contributed by atoms with Gasteiger partial charge in [-0.2, -0.15) is 0 Å². The van der Waals surface area contributed by atoms with Crippen LogP contribution in [0.1, 0.15) is 37.8 Å². The zero-order valence-electron chi connectivity index (χ0n) is 30.5. The highest BCUT2D eigenvalue weighted by molar-refractivity contribution is 5.97. The van der Waals surface area contributed by atoms with E-state index in [1.165, 1.54) is 28.3 Å². The Morgan fingerprint density at radius 3 is 1.69 bits per heavy atom. The van der Waals surface area contributed by atoms with Gasteiger partial charge in [-0.25, -0.2) is 9.97 Å². The summed E-state index contributed by atoms with van der Waals surface area (Å²) in [6.07, 6.45) is 1.61. The normalized spacial score (nSPS) is 23.6. The molecule has 262 valence electrons. The molecule has 54 heavy (non-hydrogen) atoms. The van der Waals surface area contributed by atoms with Crippen LogP contribution in [-0.2, 0) is 5.41 Å². The smallest absolute Gasteiger partial charge is 0.179 e. The summed E-state index contributed by atoms with van der Waals surface area (Å²) in [6, 6.07) is 56.8. The van der Waals surface area contributed by atoms with Gasteiger partial charge in [0, 0.05) is 33.5 Å². The van der Waals surface area contributed by atoms with Crippen LogP contribution in [0.3, 0.4) is 0 Å². The Hall–Kier alpha value is -6.40. The van der Waals surface area contributed by atoms with Gasteiger partial charge in [0.1, 0.15) is 12.3 Å². The highest BCUT2D eigenvalue weighted by Crippen LogP contribution is 2.68. The molecule has 0 radical (unpaired) electrons. The summed E-state index contributed by atoms with van der Waals surface area (Å²) in [5.41, 5.74) is 11.6. The Kier molecular flexibility index (Phi) is 6.52. The molecule has 0 aliphatic carbocycles. The first-order valence-electron chi connectivity index (χ1n) is 19.0. The van der Waals surface area contributed by atoms with E-state index in [9.17, 15) is 0 Å². The molecule has 0 saturated carbocycles. The number of anilines is 8. The lowest BCUT2D eigenvalue weighted by molar-refractivity contribution is 0.132. The van der Waals surface area contributed by atoms with Gasteiger partial charge in [0.25, 0.3) is 0 Å². The fourth-order valence-electron chi connectivity index (χ4n) is 10.3. The van der Waals surface area contributed by atoms with E-state index >= 15 is 0 Å². The predicted molar refractivity (Wildman–Crippen MR) is 222 cm³/mol. The SMILES string of the molecule is C=C1c2ccccc2N2c3nc4ccccc4nc3N(c3ccccc3)C2CCC2(C)C3N(c4ccccc4)c4ccccc4N3c3ccccc3C12C. The van der Waals surface area contributed by atoms with Crippen LogP contribution >= 0.6 is 0 Å². The molecular weight excluding hydrogens is 661 g/mol. The minimum Gasteiger partial charge on any atom is -0.318 e. The average Bonchev–Trinajstić information content (AvgIpc) is 3.75. The fourth-order valence-corrected chi connectivity index (χ4v) is 10.3. The van der Waals surface area contributed by atoms with E-state index < -0.39 is 5.41 Å². The molecule has 0 N–H and O–H groups in total. The minimum atomic E-state index is -0.467. The summed E-state index contributed by atoms with van der Waals surface area (Å²) < 4.78 is 0. The first-order valence-corrected chi connectivity index (χ1v) is 19.0. The molecule has 6 nitrogen and oxygen atoms in total. The molecule has 4 aliphatic rings. The van der Waals surface area contributed by atoms with Gasteiger partial charge < -0.3 is 19.6 Å². The summed E-state index contributed by atoms with van der Waals surface area (Å²) in [4.78, 5) is 20.9. The number of benzene rings is 6. The predicted octanol–water partition coefficient (Wildman–Crippen LogP) is 11.6. The van der Waals surface area contributed by atoms with Crippen LogP contribution in [-0.4, -0.2) is 22.3 Å². The lowest BCUT2D eigenvalue weighted by atomic mass is 9.52. The number of hydrogen-bond donors (Lipinski definition) is 0. The van der Waals surface area contributed by atoms with E-state index in [1.54, 1.807) is 0 Å². The van der Waals surface area contributed by atoms with Gasteiger partial charge in [0.05, 0.1) is 28.1 Å². The number of aromatic nitrogens is 2. The standard InChI is InChI=1S/C48H40N6/c1-32-35-22-10-14-26-39(35)54-43(52(34-20-8-5-9-21-34)44-45(54)50-38-25-13-12-24-37(38)49-44)30-31-47(2)46-51(33-18-6-4-7-19-33)41-28-16-17-29-42(41)53(46)40-27-15-11-23-36(40)48(32,47)3/h4-29,43,46H,1,30-31H2,2-3H3. The van der Waals surface area contributed by atoms with Gasteiger partial charge in [0.2, 0.25) is 0 Å². The zero-order chi connectivity index (χ0) is 36.2. The van der Waals surface area contributed by atoms with Crippen molar-refractivity contribution in [1.29, 1.82) is 0 Å². The molecular formula is C48H40N6. The summed E-state index contributed by atoms with van der Waals surface area (Å²) >= 11 is 0. The van der Waals surface area contributed by atoms with Crippen molar-refractivity contribution in [2.24, 2.45) is 5.41 Å². The molecule has 0 fully saturated rings. The minimum absolute atomic E-state index is 0.0412. The summed E-state index contributed by atoms with van der Waals surface area (Å²) in [7, 11) is 0. The highest BCUT2D eigenvalue weighted by atomic mass is 15.5. The van der Waals surface area contributed by atoms with Crippen LogP contribution in [0.15, 0.2) is 164 Å². The van der Waals surface area contributed by atoms with E-state index in [1.807, 2.05) is 12.1 Å². The Morgan fingerprint density at radius 1 is 0.519 bits per heavy atom. The molecule has 4 aliphatic heterocycles. The van der Waals surface area contributed by atoms with Crippen molar-refractivity contribution in [2.75, 3.05) is 19.6 Å². The number of rotatable bonds is 2. The van der Waals surface area contributed by atoms with Crippen molar-refractivity contribution in [3.05, 3.63) is 175 Å². The largest absolute Gasteiger partial charge is 0.318 e. The van der Waals surface area contributed by atoms with Crippen molar-refractivity contribution in [3.63, 3.8) is 0 Å². The molecule has 7 aromatic rings. The number of fused-ring (bicyclic) bond motifs is 14. The van der Waals surface area contributed by atoms with Gasteiger partial charge in [-0.15, -0.1) is 0 Å². The van der Waals surface area contributed by atoms with Crippen molar-refractivity contribution >= 4 is 62.4 Å². The number of allylic oxidation sites excluding steroid dienone is 1. The average molecular weight is 701 g/mol. The van der Waals surface area contributed by atoms with Gasteiger partial charge in [0.15, 0.2) is 11.6 Å². The second-order valence-corrected chi connectivity index (χ2v) is 15.4. The van der Waals surface area contributed by atoms with E-state index in [4.69, 9.17) is 16.5 Å². The Balaban J connectivity index is 1.20. The van der Waals surface area contributed by atoms with Crippen molar-refractivity contribution in [1.82, 2.24) is 9.97 Å². The van der Waals surface area contributed by atoms with Crippen LogP contribution in [0.25, 0.3) is 16.6 Å². The number of para-hydroxylation sites is 8. The van der Waals surface area contributed by atoms with Crippen molar-refractivity contribution in [3.8, 4) is 0 Å². The van der Waals surface area contributed by atoms with Crippen LogP contribution in [0.2, 0.25) is 0 Å². The number of hydrogen-bond acceptors (Lipinski definition) is 6. The molecule has 6 aromatic carbocycles. The Morgan fingerprint density at radius 2 is 1.02 bits per heavy atom. The Bertz CT molecular complexity index is 2620. The van der Waals surface area contributed by atoms with Gasteiger partial charge in [-0.3, -0.25) is 0 Å². The highest BCUT2D eigenvalue weighted by Gasteiger charge is 2.63. The summed E-state index contributed by atoms with van der Waals surface area (Å²) in [6.45, 7) is 10.2. The molecule has 6 heteroatoms. The van der Waals surface area contributed by atoms with Crippen LogP contribution in [0.5, 0.6) is 0 Å². The quantitative estimate of drug-likeness (QED) is 0.179. The van der Waals surface area contributed by atoms with Crippen LogP contribution < -0.4 is 19.6 Å². The molecule has 4 atom stereocenters. The third kappa shape index (κ3) is 4.00. The Labute approximate surface area is 316 Å². The van der Waals surface area contributed by atoms with Crippen molar-refractivity contribution < 1.29 is 0 Å². The maximum Gasteiger partial charge on any atom is 0.179 e. The van der Waals surface area contributed by atoms with Gasteiger partial charge in [-0.1, -0.05) is 117 Å². The molecule has 0 amide bonds. The third-order valence-corrected chi connectivity index (χ3v) is 13.0. The summed E-state index contributed by atoms with van der Waals surface area (Å²) in [5, 5.41) is 0. The number of nitrogens with zero attached hydrogens (tertiary/aromatic N) is 6. The van der Waals surface area contributed by atoms with Gasteiger partial charge >= 0.3 is 0 Å². The van der Waals surface area contributed by atoms with Gasteiger partial charge in [-0.05, 0) is 84.6 Å². The molecule has 0 bridgehead atoms.